The average molecular weight is 393 g/mol. The Morgan fingerprint density at radius 3 is 2.14 bits per heavy atom. The van der Waals surface area contributed by atoms with E-state index < -0.39 is 0 Å². The fourth-order valence-electron chi connectivity index (χ4n) is 2.80. The summed E-state index contributed by atoms with van der Waals surface area (Å²) in [4.78, 5) is 23.3. The zero-order chi connectivity index (χ0) is 20.8. The van der Waals surface area contributed by atoms with E-state index in [1.54, 1.807) is 24.3 Å². The molecule has 1 aromatic heterocycles. The van der Waals surface area contributed by atoms with Crippen LogP contribution in [0.25, 0.3) is 0 Å². The molecule has 0 unspecified atom stereocenters. The van der Waals surface area contributed by atoms with Gasteiger partial charge in [0.05, 0.1) is 17.7 Å². The van der Waals surface area contributed by atoms with E-state index in [-0.39, 0.29) is 18.2 Å². The Balaban J connectivity index is 1.51. The number of hydrogen-bond donors (Lipinski definition) is 2. The molecule has 1 heterocycles. The Morgan fingerprint density at radius 2 is 1.59 bits per heavy atom. The van der Waals surface area contributed by atoms with Crippen LogP contribution in [-0.4, -0.2) is 17.0 Å². The van der Waals surface area contributed by atoms with Gasteiger partial charge in [0.1, 0.15) is 18.1 Å². The second kappa shape index (κ2) is 9.05. The second-order valence-corrected chi connectivity index (χ2v) is 6.72. The topological polar surface area (TPSA) is 93.5 Å². The van der Waals surface area contributed by atoms with Crippen LogP contribution in [0.1, 0.15) is 29.5 Å². The van der Waals surface area contributed by atoms with Gasteiger partial charge in [-0.1, -0.05) is 17.3 Å². The van der Waals surface area contributed by atoms with Gasteiger partial charge in [-0.3, -0.25) is 9.59 Å². The second-order valence-electron chi connectivity index (χ2n) is 6.72. The van der Waals surface area contributed by atoms with E-state index in [1.165, 1.54) is 6.92 Å². The van der Waals surface area contributed by atoms with Crippen molar-refractivity contribution in [3.05, 3.63) is 71.1 Å². The monoisotopic (exact) mass is 393 g/mol. The smallest absolute Gasteiger partial charge is 0.228 e. The van der Waals surface area contributed by atoms with E-state index >= 15 is 0 Å². The summed E-state index contributed by atoms with van der Waals surface area (Å²) < 4.78 is 10.9. The van der Waals surface area contributed by atoms with Crippen molar-refractivity contribution in [2.75, 3.05) is 10.6 Å². The fraction of sp³-hybridized carbons (Fsp3) is 0.227. The van der Waals surface area contributed by atoms with Crippen LogP contribution in [0.4, 0.5) is 11.4 Å². The summed E-state index contributed by atoms with van der Waals surface area (Å²) in [5.74, 6) is 1.20. The third kappa shape index (κ3) is 5.68. The lowest BCUT2D eigenvalue weighted by Crippen LogP contribution is -2.14. The molecule has 0 fully saturated rings. The molecule has 0 saturated carbocycles. The van der Waals surface area contributed by atoms with Gasteiger partial charge in [0.2, 0.25) is 11.8 Å². The summed E-state index contributed by atoms with van der Waals surface area (Å²) in [7, 11) is 0. The molecule has 2 N–H and O–H groups in total. The lowest BCUT2D eigenvalue weighted by Gasteiger charge is -2.09. The third-order valence-corrected chi connectivity index (χ3v) is 4.34. The average Bonchev–Trinajstić information content (AvgIpc) is 3.00. The first-order valence-corrected chi connectivity index (χ1v) is 9.21. The third-order valence-electron chi connectivity index (χ3n) is 4.34. The van der Waals surface area contributed by atoms with Crippen LogP contribution in [0, 0.1) is 13.8 Å². The van der Waals surface area contributed by atoms with Gasteiger partial charge in [0.15, 0.2) is 0 Å². The number of benzene rings is 2. The quantitative estimate of drug-likeness (QED) is 0.633. The minimum Gasteiger partial charge on any atom is -0.489 e. The number of amides is 2. The summed E-state index contributed by atoms with van der Waals surface area (Å²) in [5.41, 5.74) is 3.99. The maximum absolute atomic E-state index is 12.3. The molecule has 0 aliphatic rings. The molecule has 2 aromatic carbocycles. The SMILES string of the molecule is CC(=O)Nc1ccc(NC(=O)Cc2ccc(OCc3c(C)noc3C)cc2)cc1. The summed E-state index contributed by atoms with van der Waals surface area (Å²) in [5, 5.41) is 9.43. The van der Waals surface area contributed by atoms with Gasteiger partial charge in [-0.25, -0.2) is 0 Å². The summed E-state index contributed by atoms with van der Waals surface area (Å²) in [6, 6.07) is 14.4. The van der Waals surface area contributed by atoms with Crippen LogP contribution in [-0.2, 0) is 22.6 Å². The zero-order valence-electron chi connectivity index (χ0n) is 16.6. The Labute approximate surface area is 169 Å². The van der Waals surface area contributed by atoms with Gasteiger partial charge in [-0.2, -0.15) is 0 Å². The minimum absolute atomic E-state index is 0.123. The number of carbonyl (C=O) groups is 2. The standard InChI is InChI=1S/C22H23N3O4/c1-14-21(15(2)29-25-14)13-28-20-10-4-17(5-11-20)12-22(27)24-19-8-6-18(7-9-19)23-16(3)26/h4-11H,12-13H2,1-3H3,(H,23,26)(H,24,27). The number of aryl methyl sites for hydroxylation is 2. The number of nitrogens with zero attached hydrogens (tertiary/aromatic N) is 1. The molecule has 3 aromatic rings. The Hall–Kier alpha value is -3.61. The van der Waals surface area contributed by atoms with Crippen molar-refractivity contribution < 1.29 is 18.8 Å². The van der Waals surface area contributed by atoms with Gasteiger partial charge in [-0.15, -0.1) is 0 Å². The number of ether oxygens (including phenoxy) is 1. The maximum atomic E-state index is 12.3. The zero-order valence-corrected chi connectivity index (χ0v) is 16.6. The molecule has 29 heavy (non-hydrogen) atoms. The molecule has 0 bridgehead atoms. The van der Waals surface area contributed by atoms with Gasteiger partial charge >= 0.3 is 0 Å². The van der Waals surface area contributed by atoms with E-state index in [0.717, 1.165) is 22.6 Å². The molecule has 3 rings (SSSR count). The largest absolute Gasteiger partial charge is 0.489 e. The Morgan fingerprint density at radius 1 is 0.966 bits per heavy atom. The predicted octanol–water partition coefficient (Wildman–Crippen LogP) is 4.01. The van der Waals surface area contributed by atoms with Crippen molar-refractivity contribution >= 4 is 23.2 Å². The molecule has 150 valence electrons. The van der Waals surface area contributed by atoms with Gasteiger partial charge in [-0.05, 0) is 55.8 Å². The molecule has 0 atom stereocenters. The number of carbonyl (C=O) groups excluding carboxylic acids is 2. The molecular formula is C22H23N3O4. The summed E-state index contributed by atoms with van der Waals surface area (Å²) in [6.07, 6.45) is 0.248. The van der Waals surface area contributed by atoms with Crippen LogP contribution in [0.5, 0.6) is 5.75 Å². The van der Waals surface area contributed by atoms with Crippen molar-refractivity contribution in [2.24, 2.45) is 0 Å². The normalized spacial score (nSPS) is 10.4. The molecule has 2 amide bonds. The highest BCUT2D eigenvalue weighted by atomic mass is 16.5. The van der Waals surface area contributed by atoms with E-state index in [1.807, 2.05) is 38.1 Å². The highest BCUT2D eigenvalue weighted by Gasteiger charge is 2.10. The predicted molar refractivity (Wildman–Crippen MR) is 110 cm³/mol. The minimum atomic E-state index is -0.138. The summed E-state index contributed by atoms with van der Waals surface area (Å²) >= 11 is 0. The molecular weight excluding hydrogens is 370 g/mol. The van der Waals surface area contributed by atoms with Gasteiger partial charge in [0.25, 0.3) is 0 Å². The number of nitrogens with one attached hydrogen (secondary N) is 2. The van der Waals surface area contributed by atoms with Crippen LogP contribution >= 0.6 is 0 Å². The van der Waals surface area contributed by atoms with Crippen molar-refractivity contribution in [1.29, 1.82) is 0 Å². The van der Waals surface area contributed by atoms with Gasteiger partial charge < -0.3 is 19.9 Å². The maximum Gasteiger partial charge on any atom is 0.228 e. The van der Waals surface area contributed by atoms with Crippen molar-refractivity contribution in [1.82, 2.24) is 5.16 Å². The molecule has 7 nitrogen and oxygen atoms in total. The van der Waals surface area contributed by atoms with Crippen molar-refractivity contribution in [3.8, 4) is 5.75 Å². The number of hydrogen-bond acceptors (Lipinski definition) is 5. The van der Waals surface area contributed by atoms with Gasteiger partial charge in [0, 0.05) is 18.3 Å². The molecule has 0 saturated heterocycles. The highest BCUT2D eigenvalue weighted by molar-refractivity contribution is 5.93. The number of rotatable bonds is 7. The van der Waals surface area contributed by atoms with Crippen LogP contribution in [0.3, 0.4) is 0 Å². The van der Waals surface area contributed by atoms with Crippen molar-refractivity contribution in [3.63, 3.8) is 0 Å². The first-order chi connectivity index (χ1) is 13.9. The van der Waals surface area contributed by atoms with E-state index in [4.69, 9.17) is 9.26 Å². The van der Waals surface area contributed by atoms with E-state index in [9.17, 15) is 9.59 Å². The lowest BCUT2D eigenvalue weighted by atomic mass is 10.1. The number of anilines is 2. The fourth-order valence-corrected chi connectivity index (χ4v) is 2.80. The molecule has 7 heteroatoms. The first-order valence-electron chi connectivity index (χ1n) is 9.21. The molecule has 0 aliphatic carbocycles. The highest BCUT2D eigenvalue weighted by Crippen LogP contribution is 2.19. The Kier molecular flexibility index (Phi) is 6.29. The Bertz CT molecular complexity index is 972. The lowest BCUT2D eigenvalue weighted by molar-refractivity contribution is -0.116. The molecule has 0 aliphatic heterocycles. The summed E-state index contributed by atoms with van der Waals surface area (Å²) in [6.45, 7) is 5.57. The van der Waals surface area contributed by atoms with Crippen molar-refractivity contribution in [2.45, 2.75) is 33.8 Å². The molecule has 0 spiro atoms. The van der Waals surface area contributed by atoms with Crippen LogP contribution in [0.2, 0.25) is 0 Å². The van der Waals surface area contributed by atoms with E-state index in [2.05, 4.69) is 15.8 Å². The van der Waals surface area contributed by atoms with Crippen LogP contribution < -0.4 is 15.4 Å². The van der Waals surface area contributed by atoms with Crippen LogP contribution in [0.15, 0.2) is 53.1 Å². The molecule has 0 radical (unpaired) electrons. The first kappa shape index (κ1) is 20.1. The van der Waals surface area contributed by atoms with E-state index in [0.29, 0.717) is 23.7 Å². The number of aromatic nitrogens is 1.